The van der Waals surface area contributed by atoms with Crippen molar-refractivity contribution in [3.05, 3.63) is 93.8 Å². The van der Waals surface area contributed by atoms with Crippen LogP contribution in [0.25, 0.3) is 21.7 Å². The highest BCUT2D eigenvalue weighted by Gasteiger charge is 2.13. The van der Waals surface area contributed by atoms with E-state index in [2.05, 4.69) is 0 Å². The molecule has 1 heterocycles. The van der Waals surface area contributed by atoms with Gasteiger partial charge >= 0.3 is 11.6 Å². The second-order valence-corrected chi connectivity index (χ2v) is 6.07. The molecule has 1 aromatic heterocycles. The zero-order chi connectivity index (χ0) is 18.8. The summed E-state index contributed by atoms with van der Waals surface area (Å²) in [4.78, 5) is 34.9. The van der Waals surface area contributed by atoms with Crippen molar-refractivity contribution in [3.8, 4) is 0 Å². The highest BCUT2D eigenvalue weighted by Crippen LogP contribution is 2.27. The standard InChI is InChI=1S/C22H14O5/c23-12-14-5-7-16(8-6-14)22(25)26-13-17-11-20(24)27-19-10-9-15-3-1-2-4-18(15)21(17)19/h1-12H,13H2. The first-order chi connectivity index (χ1) is 13.2. The summed E-state index contributed by atoms with van der Waals surface area (Å²) in [6.07, 6.45) is 0.704. The van der Waals surface area contributed by atoms with Crippen molar-refractivity contribution in [2.75, 3.05) is 0 Å². The summed E-state index contributed by atoms with van der Waals surface area (Å²) in [5, 5.41) is 2.66. The van der Waals surface area contributed by atoms with E-state index in [-0.39, 0.29) is 6.61 Å². The molecule has 4 aromatic rings. The van der Waals surface area contributed by atoms with Gasteiger partial charge in [0.05, 0.1) is 5.56 Å². The van der Waals surface area contributed by atoms with E-state index in [1.807, 2.05) is 30.3 Å². The normalized spacial score (nSPS) is 10.8. The lowest BCUT2D eigenvalue weighted by atomic mass is 10.0. The van der Waals surface area contributed by atoms with Crippen molar-refractivity contribution >= 4 is 34.0 Å². The van der Waals surface area contributed by atoms with Crippen LogP contribution in [0.5, 0.6) is 0 Å². The van der Waals surface area contributed by atoms with Crippen LogP contribution in [-0.4, -0.2) is 12.3 Å². The molecule has 3 aromatic carbocycles. The van der Waals surface area contributed by atoms with E-state index in [1.54, 1.807) is 18.2 Å². The maximum absolute atomic E-state index is 12.3. The van der Waals surface area contributed by atoms with Crippen LogP contribution < -0.4 is 5.63 Å². The molecule has 4 rings (SSSR count). The summed E-state index contributed by atoms with van der Waals surface area (Å²) >= 11 is 0. The fourth-order valence-electron chi connectivity index (χ4n) is 3.06. The zero-order valence-corrected chi connectivity index (χ0v) is 14.2. The Bertz CT molecular complexity index is 1220. The Kier molecular flexibility index (Phi) is 4.26. The molecule has 0 atom stereocenters. The molecule has 0 aliphatic carbocycles. The highest BCUT2D eigenvalue weighted by molar-refractivity contribution is 6.07. The largest absolute Gasteiger partial charge is 0.457 e. The third kappa shape index (κ3) is 3.22. The van der Waals surface area contributed by atoms with Crippen molar-refractivity contribution in [1.29, 1.82) is 0 Å². The van der Waals surface area contributed by atoms with Crippen molar-refractivity contribution in [1.82, 2.24) is 0 Å². The van der Waals surface area contributed by atoms with Gasteiger partial charge in [-0.2, -0.15) is 0 Å². The number of carbonyl (C=O) groups excluding carboxylic acids is 2. The lowest BCUT2D eigenvalue weighted by molar-refractivity contribution is 0.0473. The van der Waals surface area contributed by atoms with E-state index in [0.29, 0.717) is 28.6 Å². The number of carbonyl (C=O) groups is 2. The molecular formula is C22H14O5. The second-order valence-electron chi connectivity index (χ2n) is 6.07. The summed E-state index contributed by atoms with van der Waals surface area (Å²) in [7, 11) is 0. The molecular weight excluding hydrogens is 344 g/mol. The van der Waals surface area contributed by atoms with Gasteiger partial charge in [0.2, 0.25) is 0 Å². The van der Waals surface area contributed by atoms with Gasteiger partial charge in [0.1, 0.15) is 18.5 Å². The van der Waals surface area contributed by atoms with E-state index >= 15 is 0 Å². The van der Waals surface area contributed by atoms with Crippen molar-refractivity contribution < 1.29 is 18.7 Å². The van der Waals surface area contributed by atoms with Crippen LogP contribution in [0.15, 0.2) is 75.9 Å². The van der Waals surface area contributed by atoms with Gasteiger partial charge in [-0.05, 0) is 29.0 Å². The van der Waals surface area contributed by atoms with Crippen LogP contribution in [0.4, 0.5) is 0 Å². The Hall–Kier alpha value is -3.73. The topological polar surface area (TPSA) is 73.6 Å². The number of fused-ring (bicyclic) bond motifs is 3. The number of esters is 1. The minimum Gasteiger partial charge on any atom is -0.457 e. The van der Waals surface area contributed by atoms with Crippen LogP contribution in [0.2, 0.25) is 0 Å². The molecule has 0 fully saturated rings. The van der Waals surface area contributed by atoms with Crippen LogP contribution in [0.3, 0.4) is 0 Å². The quantitative estimate of drug-likeness (QED) is 0.237. The van der Waals surface area contributed by atoms with Crippen LogP contribution >= 0.6 is 0 Å². The first kappa shape index (κ1) is 16.7. The number of hydrogen-bond acceptors (Lipinski definition) is 5. The molecule has 0 aliphatic heterocycles. The molecule has 27 heavy (non-hydrogen) atoms. The Morgan fingerprint density at radius 3 is 2.56 bits per heavy atom. The Morgan fingerprint density at radius 1 is 1.00 bits per heavy atom. The number of benzene rings is 3. The molecule has 5 nitrogen and oxygen atoms in total. The average Bonchev–Trinajstić information content (AvgIpc) is 2.71. The molecule has 0 aliphatic rings. The molecule has 0 bridgehead atoms. The van der Waals surface area contributed by atoms with Crippen LogP contribution in [0, 0.1) is 0 Å². The number of rotatable bonds is 4. The smallest absolute Gasteiger partial charge is 0.338 e. The van der Waals surface area contributed by atoms with Gasteiger partial charge in [-0.1, -0.05) is 42.5 Å². The van der Waals surface area contributed by atoms with Gasteiger partial charge in [0, 0.05) is 22.6 Å². The van der Waals surface area contributed by atoms with Crippen molar-refractivity contribution in [3.63, 3.8) is 0 Å². The first-order valence-corrected chi connectivity index (χ1v) is 8.32. The minimum absolute atomic E-state index is 0.0651. The fraction of sp³-hybridized carbons (Fsp3) is 0.0455. The van der Waals surface area contributed by atoms with E-state index in [1.165, 1.54) is 18.2 Å². The average molecular weight is 358 g/mol. The van der Waals surface area contributed by atoms with Gasteiger partial charge in [-0.3, -0.25) is 4.79 Å². The van der Waals surface area contributed by atoms with Gasteiger partial charge in [0.15, 0.2) is 0 Å². The predicted molar refractivity (Wildman–Crippen MR) is 101 cm³/mol. The molecule has 0 amide bonds. The number of aldehydes is 1. The first-order valence-electron chi connectivity index (χ1n) is 8.32. The van der Waals surface area contributed by atoms with Gasteiger partial charge in [0.25, 0.3) is 0 Å². The Balaban J connectivity index is 1.70. The molecule has 0 unspecified atom stereocenters. The molecule has 0 spiro atoms. The summed E-state index contributed by atoms with van der Waals surface area (Å²) < 4.78 is 10.7. The van der Waals surface area contributed by atoms with Gasteiger partial charge in [-0.15, -0.1) is 0 Å². The van der Waals surface area contributed by atoms with E-state index < -0.39 is 11.6 Å². The minimum atomic E-state index is -0.533. The summed E-state index contributed by atoms with van der Waals surface area (Å²) in [6, 6.07) is 18.8. The summed E-state index contributed by atoms with van der Waals surface area (Å²) in [6.45, 7) is -0.0651. The fourth-order valence-corrected chi connectivity index (χ4v) is 3.06. The third-order valence-corrected chi connectivity index (χ3v) is 4.36. The second kappa shape index (κ2) is 6.88. The zero-order valence-electron chi connectivity index (χ0n) is 14.2. The number of ether oxygens (including phenoxy) is 1. The van der Waals surface area contributed by atoms with Crippen molar-refractivity contribution in [2.45, 2.75) is 6.61 Å². The highest BCUT2D eigenvalue weighted by atomic mass is 16.5. The molecule has 132 valence electrons. The molecule has 0 saturated heterocycles. The Labute approximate surface area is 153 Å². The maximum Gasteiger partial charge on any atom is 0.338 e. The lowest BCUT2D eigenvalue weighted by Gasteiger charge is -2.10. The Morgan fingerprint density at radius 2 is 1.78 bits per heavy atom. The van der Waals surface area contributed by atoms with E-state index in [4.69, 9.17) is 9.15 Å². The number of hydrogen-bond donors (Lipinski definition) is 0. The predicted octanol–water partition coefficient (Wildman–Crippen LogP) is 4.12. The summed E-state index contributed by atoms with van der Waals surface area (Å²) in [5.74, 6) is -0.533. The third-order valence-electron chi connectivity index (χ3n) is 4.36. The van der Waals surface area contributed by atoms with E-state index in [0.717, 1.165) is 16.2 Å². The molecule has 5 heteroatoms. The van der Waals surface area contributed by atoms with Gasteiger partial charge in [-0.25, -0.2) is 9.59 Å². The van der Waals surface area contributed by atoms with Crippen LogP contribution in [-0.2, 0) is 11.3 Å². The molecule has 0 saturated carbocycles. The molecule has 0 N–H and O–H groups in total. The summed E-state index contributed by atoms with van der Waals surface area (Å²) in [5.41, 5.74) is 1.33. The maximum atomic E-state index is 12.3. The van der Waals surface area contributed by atoms with Crippen molar-refractivity contribution in [2.24, 2.45) is 0 Å². The van der Waals surface area contributed by atoms with Gasteiger partial charge < -0.3 is 9.15 Å². The molecule has 0 radical (unpaired) electrons. The lowest BCUT2D eigenvalue weighted by Crippen LogP contribution is -2.08. The van der Waals surface area contributed by atoms with Crippen LogP contribution in [0.1, 0.15) is 26.3 Å². The van der Waals surface area contributed by atoms with E-state index in [9.17, 15) is 14.4 Å². The monoisotopic (exact) mass is 358 g/mol. The SMILES string of the molecule is O=Cc1ccc(C(=O)OCc2cc(=O)oc3ccc4ccccc4c23)cc1.